The minimum Gasteiger partial charge on any atom is -0.344 e. The van der Waals surface area contributed by atoms with Crippen LogP contribution in [0.25, 0.3) is 0 Å². The molecule has 148 valence electrons. The van der Waals surface area contributed by atoms with E-state index in [1.54, 1.807) is 0 Å². The molecule has 0 unspecified atom stereocenters. The molecule has 0 spiro atoms. The quantitative estimate of drug-likeness (QED) is 0.775. The normalized spacial score (nSPS) is 15.6. The van der Waals surface area contributed by atoms with Gasteiger partial charge < -0.3 is 10.6 Å². The molecule has 0 aromatic heterocycles. The summed E-state index contributed by atoms with van der Waals surface area (Å²) < 4.78 is 0. The molecule has 0 bridgehead atoms. The Kier molecular flexibility index (Phi) is 6.85. The Bertz CT molecular complexity index is 790. The summed E-state index contributed by atoms with van der Waals surface area (Å²) in [5.74, 6) is -0.129. The Hall–Kier alpha value is -2.62. The molecule has 28 heavy (non-hydrogen) atoms. The van der Waals surface area contributed by atoms with E-state index in [0.717, 1.165) is 48.1 Å². The first kappa shape index (κ1) is 20.1. The number of rotatable bonds is 6. The van der Waals surface area contributed by atoms with Crippen LogP contribution in [0.3, 0.4) is 0 Å². The Balaban J connectivity index is 1.74. The molecule has 4 heteroatoms. The lowest BCUT2D eigenvalue weighted by atomic mass is 9.88. The van der Waals surface area contributed by atoms with Crippen LogP contribution in [0, 0.1) is 19.8 Å². The molecule has 3 rings (SSSR count). The van der Waals surface area contributed by atoms with Crippen molar-refractivity contribution in [3.63, 3.8) is 0 Å². The van der Waals surface area contributed by atoms with Crippen molar-refractivity contribution in [1.29, 1.82) is 0 Å². The first-order valence-electron chi connectivity index (χ1n) is 10.2. The monoisotopic (exact) mass is 378 g/mol. The average molecular weight is 379 g/mol. The highest BCUT2D eigenvalue weighted by Crippen LogP contribution is 2.24. The van der Waals surface area contributed by atoms with Crippen LogP contribution in [0.2, 0.25) is 0 Å². The highest BCUT2D eigenvalue weighted by molar-refractivity contribution is 5.97. The molecule has 1 aliphatic rings. The Morgan fingerprint density at radius 3 is 2.25 bits per heavy atom. The summed E-state index contributed by atoms with van der Waals surface area (Å²) in [7, 11) is 0. The third-order valence-electron chi connectivity index (χ3n) is 5.38. The smallest absolute Gasteiger partial charge is 0.247 e. The lowest BCUT2D eigenvalue weighted by Crippen LogP contribution is -2.47. The highest BCUT2D eigenvalue weighted by atomic mass is 16.2. The summed E-state index contributed by atoms with van der Waals surface area (Å²) in [6, 6.07) is 15.2. The van der Waals surface area contributed by atoms with Gasteiger partial charge in [0.05, 0.1) is 0 Å². The molecule has 0 heterocycles. The number of benzene rings is 2. The maximum Gasteiger partial charge on any atom is 0.247 e. The van der Waals surface area contributed by atoms with Crippen LogP contribution in [0.1, 0.15) is 48.8 Å². The van der Waals surface area contributed by atoms with Crippen LogP contribution in [-0.4, -0.2) is 17.9 Å². The second-order valence-corrected chi connectivity index (χ2v) is 7.95. The SMILES string of the molecule is Cc1cc(C)cc(NC(=O)[C@H](Cc2ccccc2)NC(=O)C2CCCCC2)c1. The van der Waals surface area contributed by atoms with Crippen LogP contribution >= 0.6 is 0 Å². The van der Waals surface area contributed by atoms with E-state index in [9.17, 15) is 9.59 Å². The minimum atomic E-state index is -0.586. The topological polar surface area (TPSA) is 58.2 Å². The van der Waals surface area contributed by atoms with Gasteiger partial charge in [0.2, 0.25) is 11.8 Å². The maximum atomic E-state index is 13.0. The molecule has 2 aromatic carbocycles. The molecule has 0 saturated heterocycles. The molecule has 0 radical (unpaired) electrons. The summed E-state index contributed by atoms with van der Waals surface area (Å²) in [6.45, 7) is 4.02. The van der Waals surface area contributed by atoms with Crippen LogP contribution in [0.4, 0.5) is 5.69 Å². The maximum absolute atomic E-state index is 13.0. The van der Waals surface area contributed by atoms with Gasteiger partial charge in [0.25, 0.3) is 0 Å². The third-order valence-corrected chi connectivity index (χ3v) is 5.38. The number of aryl methyl sites for hydroxylation is 2. The summed E-state index contributed by atoms with van der Waals surface area (Å²) in [4.78, 5) is 25.8. The van der Waals surface area contributed by atoms with Crippen LogP contribution < -0.4 is 10.6 Å². The number of carbonyl (C=O) groups is 2. The van der Waals surface area contributed by atoms with Crippen molar-refractivity contribution in [3.05, 3.63) is 65.2 Å². The van der Waals surface area contributed by atoms with E-state index in [4.69, 9.17) is 0 Å². The minimum absolute atomic E-state index is 0.0104. The Morgan fingerprint density at radius 2 is 1.61 bits per heavy atom. The molecule has 0 aliphatic heterocycles. The van der Waals surface area contributed by atoms with Gasteiger partial charge in [0, 0.05) is 18.0 Å². The number of anilines is 1. The largest absolute Gasteiger partial charge is 0.344 e. The van der Waals surface area contributed by atoms with Crippen molar-refractivity contribution < 1.29 is 9.59 Å². The van der Waals surface area contributed by atoms with Gasteiger partial charge in [-0.25, -0.2) is 0 Å². The van der Waals surface area contributed by atoms with E-state index < -0.39 is 6.04 Å². The molecule has 4 nitrogen and oxygen atoms in total. The molecule has 1 atom stereocenters. The van der Waals surface area contributed by atoms with E-state index >= 15 is 0 Å². The van der Waals surface area contributed by atoms with Crippen molar-refractivity contribution in [2.75, 3.05) is 5.32 Å². The van der Waals surface area contributed by atoms with E-state index in [2.05, 4.69) is 16.7 Å². The summed E-state index contributed by atoms with van der Waals surface area (Å²) in [5.41, 5.74) is 4.00. The van der Waals surface area contributed by atoms with Crippen molar-refractivity contribution in [1.82, 2.24) is 5.32 Å². The van der Waals surface area contributed by atoms with Gasteiger partial charge in [0.15, 0.2) is 0 Å². The van der Waals surface area contributed by atoms with E-state index in [1.165, 1.54) is 6.42 Å². The molecule has 1 aliphatic carbocycles. The molecule has 1 saturated carbocycles. The predicted octanol–water partition coefficient (Wildman–Crippen LogP) is 4.55. The van der Waals surface area contributed by atoms with Crippen molar-refractivity contribution >= 4 is 17.5 Å². The van der Waals surface area contributed by atoms with Crippen molar-refractivity contribution in [3.8, 4) is 0 Å². The predicted molar refractivity (Wildman–Crippen MR) is 113 cm³/mol. The summed E-state index contributed by atoms with van der Waals surface area (Å²) in [6.07, 6.45) is 5.71. The Morgan fingerprint density at radius 1 is 0.964 bits per heavy atom. The van der Waals surface area contributed by atoms with Crippen LogP contribution in [0.15, 0.2) is 48.5 Å². The zero-order valence-electron chi connectivity index (χ0n) is 16.8. The summed E-state index contributed by atoms with van der Waals surface area (Å²) >= 11 is 0. The van der Waals surface area contributed by atoms with Gasteiger partial charge in [-0.1, -0.05) is 55.7 Å². The number of carbonyl (C=O) groups excluding carboxylic acids is 2. The molecule has 2 amide bonds. The van der Waals surface area contributed by atoms with Crippen LogP contribution in [0.5, 0.6) is 0 Å². The first-order chi connectivity index (χ1) is 13.5. The van der Waals surface area contributed by atoms with Gasteiger partial charge >= 0.3 is 0 Å². The van der Waals surface area contributed by atoms with Gasteiger partial charge in [-0.15, -0.1) is 0 Å². The lowest BCUT2D eigenvalue weighted by molar-refractivity contribution is -0.130. The zero-order chi connectivity index (χ0) is 19.9. The van der Waals surface area contributed by atoms with Crippen molar-refractivity contribution in [2.45, 2.75) is 58.4 Å². The molecule has 2 N–H and O–H groups in total. The fourth-order valence-corrected chi connectivity index (χ4v) is 3.99. The fourth-order valence-electron chi connectivity index (χ4n) is 3.99. The van der Waals surface area contributed by atoms with Gasteiger partial charge in [-0.05, 0) is 55.5 Å². The molecule has 2 aromatic rings. The van der Waals surface area contributed by atoms with Gasteiger partial charge in [-0.2, -0.15) is 0 Å². The van der Waals surface area contributed by atoms with E-state index in [0.29, 0.717) is 6.42 Å². The zero-order valence-corrected chi connectivity index (χ0v) is 16.8. The highest BCUT2D eigenvalue weighted by Gasteiger charge is 2.27. The van der Waals surface area contributed by atoms with Crippen molar-refractivity contribution in [2.24, 2.45) is 5.92 Å². The Labute approximate surface area is 167 Å². The number of hydrogen-bond donors (Lipinski definition) is 2. The third kappa shape index (κ3) is 5.69. The molecular formula is C24H30N2O2. The average Bonchev–Trinajstić information content (AvgIpc) is 2.68. The number of amides is 2. The second kappa shape index (κ2) is 9.54. The molecule has 1 fully saturated rings. The number of nitrogens with one attached hydrogen (secondary N) is 2. The second-order valence-electron chi connectivity index (χ2n) is 7.95. The lowest BCUT2D eigenvalue weighted by Gasteiger charge is -2.25. The number of hydrogen-bond acceptors (Lipinski definition) is 2. The van der Waals surface area contributed by atoms with E-state index in [-0.39, 0.29) is 17.7 Å². The van der Waals surface area contributed by atoms with Gasteiger partial charge in [0.1, 0.15) is 6.04 Å². The standard InChI is InChI=1S/C24H30N2O2/c1-17-13-18(2)15-21(14-17)25-24(28)22(16-19-9-5-3-6-10-19)26-23(27)20-11-7-4-8-12-20/h3,5-6,9-10,13-15,20,22H,4,7-8,11-12,16H2,1-2H3,(H,25,28)(H,26,27)/t22-/m0/s1. The van der Waals surface area contributed by atoms with Crippen LogP contribution in [-0.2, 0) is 16.0 Å². The first-order valence-corrected chi connectivity index (χ1v) is 10.2. The van der Waals surface area contributed by atoms with Gasteiger partial charge in [-0.3, -0.25) is 9.59 Å². The van der Waals surface area contributed by atoms with E-state index in [1.807, 2.05) is 56.3 Å². The molecular weight excluding hydrogens is 348 g/mol. The summed E-state index contributed by atoms with van der Waals surface area (Å²) in [5, 5.41) is 6.03. The fraction of sp³-hybridized carbons (Fsp3) is 0.417.